The van der Waals surface area contributed by atoms with Crippen molar-refractivity contribution in [3.63, 3.8) is 0 Å². The zero-order valence-corrected chi connectivity index (χ0v) is 18.5. The van der Waals surface area contributed by atoms with Crippen molar-refractivity contribution in [3.8, 4) is 0 Å². The summed E-state index contributed by atoms with van der Waals surface area (Å²) >= 11 is 1.95. The molecule has 1 atom stereocenters. The molecule has 3 heterocycles. The highest BCUT2D eigenvalue weighted by molar-refractivity contribution is 7.10. The van der Waals surface area contributed by atoms with Crippen LogP contribution in [0.2, 0.25) is 0 Å². The number of nitrogens with zero attached hydrogens (tertiary/aromatic N) is 3. The molecule has 0 N–H and O–H groups in total. The maximum Gasteiger partial charge on any atom is 0.0267 e. The zero-order chi connectivity index (χ0) is 19.5. The van der Waals surface area contributed by atoms with Crippen molar-refractivity contribution in [1.29, 1.82) is 0 Å². The summed E-state index contributed by atoms with van der Waals surface area (Å²) in [6.45, 7) is 8.62. The van der Waals surface area contributed by atoms with E-state index in [9.17, 15) is 0 Å². The molecule has 1 aromatic heterocycles. The first kappa shape index (κ1) is 19.7. The quantitative estimate of drug-likeness (QED) is 0.705. The van der Waals surface area contributed by atoms with Crippen LogP contribution in [0.5, 0.6) is 0 Å². The molecule has 0 amide bonds. The minimum absolute atomic E-state index is 0.614. The minimum Gasteiger partial charge on any atom is -0.299 e. The largest absolute Gasteiger partial charge is 0.299 e. The molecule has 1 aliphatic carbocycles. The van der Waals surface area contributed by atoms with E-state index < -0.39 is 0 Å². The summed E-state index contributed by atoms with van der Waals surface area (Å²) in [5.41, 5.74) is 3.06. The maximum absolute atomic E-state index is 2.79. The van der Waals surface area contributed by atoms with Gasteiger partial charge in [0.05, 0.1) is 0 Å². The molecule has 5 rings (SSSR count). The number of piperazine rings is 1. The summed E-state index contributed by atoms with van der Waals surface area (Å²) in [6, 6.07) is 15.0. The molecule has 2 aromatic rings. The van der Waals surface area contributed by atoms with Gasteiger partial charge in [0.15, 0.2) is 0 Å². The number of rotatable bonds is 6. The van der Waals surface area contributed by atoms with Gasteiger partial charge in [0.25, 0.3) is 0 Å². The van der Waals surface area contributed by atoms with Crippen molar-refractivity contribution < 1.29 is 0 Å². The number of benzene rings is 1. The Morgan fingerprint density at radius 1 is 0.931 bits per heavy atom. The van der Waals surface area contributed by atoms with E-state index in [0.29, 0.717) is 6.04 Å². The topological polar surface area (TPSA) is 9.72 Å². The first-order valence-corrected chi connectivity index (χ1v) is 12.5. The summed E-state index contributed by atoms with van der Waals surface area (Å²) < 4.78 is 0. The number of hydrogen-bond donors (Lipinski definition) is 0. The molecule has 0 spiro atoms. The molecule has 4 heteroatoms. The summed E-state index contributed by atoms with van der Waals surface area (Å²) in [6.07, 6.45) is 8.17. The van der Waals surface area contributed by atoms with E-state index in [0.717, 1.165) is 12.6 Å². The van der Waals surface area contributed by atoms with Gasteiger partial charge in [-0.25, -0.2) is 0 Å². The van der Waals surface area contributed by atoms with Gasteiger partial charge in [-0.1, -0.05) is 43.2 Å². The Hall–Kier alpha value is -1.20. The van der Waals surface area contributed by atoms with E-state index in [2.05, 4.69) is 56.5 Å². The number of hydrogen-bond acceptors (Lipinski definition) is 4. The van der Waals surface area contributed by atoms with Gasteiger partial charge in [0.1, 0.15) is 0 Å². The van der Waals surface area contributed by atoms with Gasteiger partial charge in [-0.15, -0.1) is 11.3 Å². The molecule has 3 nitrogen and oxygen atoms in total. The normalized spacial score (nSPS) is 23.3. The van der Waals surface area contributed by atoms with E-state index in [-0.39, 0.29) is 0 Å². The second kappa shape index (κ2) is 9.30. The predicted octanol–water partition coefficient (Wildman–Crippen LogP) is 4.28. The highest BCUT2D eigenvalue weighted by Gasteiger charge is 2.30. The van der Waals surface area contributed by atoms with Crippen LogP contribution in [0.3, 0.4) is 0 Å². The third-order valence-electron chi connectivity index (χ3n) is 7.38. The Bertz CT molecular complexity index is 759. The van der Waals surface area contributed by atoms with Gasteiger partial charge in [-0.3, -0.25) is 14.7 Å². The lowest BCUT2D eigenvalue weighted by molar-refractivity contribution is 0.0665. The predicted molar refractivity (Wildman–Crippen MR) is 123 cm³/mol. The smallest absolute Gasteiger partial charge is 0.0267 e. The summed E-state index contributed by atoms with van der Waals surface area (Å²) in [5.74, 6) is 0. The molecule has 0 radical (unpaired) electrons. The highest BCUT2D eigenvalue weighted by atomic mass is 32.1. The van der Waals surface area contributed by atoms with Gasteiger partial charge in [0.2, 0.25) is 0 Å². The van der Waals surface area contributed by atoms with E-state index in [1.54, 1.807) is 10.4 Å². The molecule has 29 heavy (non-hydrogen) atoms. The highest BCUT2D eigenvalue weighted by Crippen LogP contribution is 2.27. The second-order valence-corrected chi connectivity index (χ2v) is 10.2. The van der Waals surface area contributed by atoms with Crippen molar-refractivity contribution in [2.45, 2.75) is 57.2 Å². The standard InChI is InChI=1S/C25H35N3S/c1-2-6-21(7-3-1)18-24(28-12-10-25-22(19-28)11-17-29-25)20-26-13-15-27(16-14-26)23-8-4-5-9-23/h1-3,6-7,11,17,23-24H,4-5,8-10,12-16,18-20H2/t24-/m1/s1. The van der Waals surface area contributed by atoms with Crippen LogP contribution in [-0.2, 0) is 19.4 Å². The van der Waals surface area contributed by atoms with E-state index in [4.69, 9.17) is 0 Å². The molecule has 1 saturated heterocycles. The van der Waals surface area contributed by atoms with Crippen molar-refractivity contribution in [2.75, 3.05) is 39.3 Å². The Morgan fingerprint density at radius 3 is 2.52 bits per heavy atom. The fourth-order valence-electron chi connectivity index (χ4n) is 5.66. The molecular weight excluding hydrogens is 374 g/mol. The molecule has 156 valence electrons. The molecule has 0 bridgehead atoms. The molecular formula is C25H35N3S. The van der Waals surface area contributed by atoms with Crippen LogP contribution in [0.15, 0.2) is 41.8 Å². The Kier molecular flexibility index (Phi) is 6.33. The molecule has 2 aliphatic heterocycles. The van der Waals surface area contributed by atoms with Crippen LogP contribution in [0.4, 0.5) is 0 Å². The molecule has 1 saturated carbocycles. The molecule has 2 fully saturated rings. The fourth-order valence-corrected chi connectivity index (χ4v) is 6.55. The average Bonchev–Trinajstić information content (AvgIpc) is 3.46. The van der Waals surface area contributed by atoms with Crippen molar-refractivity contribution >= 4 is 11.3 Å². The van der Waals surface area contributed by atoms with Crippen LogP contribution in [0, 0.1) is 0 Å². The van der Waals surface area contributed by atoms with Crippen molar-refractivity contribution in [1.82, 2.24) is 14.7 Å². The third kappa shape index (κ3) is 4.77. The number of thiophene rings is 1. The van der Waals surface area contributed by atoms with Crippen LogP contribution in [0.25, 0.3) is 0 Å². The van der Waals surface area contributed by atoms with Gasteiger partial charge < -0.3 is 0 Å². The summed E-state index contributed by atoms with van der Waals surface area (Å²) in [4.78, 5) is 9.92. The Labute approximate surface area is 180 Å². The zero-order valence-electron chi connectivity index (χ0n) is 17.6. The van der Waals surface area contributed by atoms with Gasteiger partial charge in [-0.2, -0.15) is 0 Å². The van der Waals surface area contributed by atoms with Gasteiger partial charge >= 0.3 is 0 Å². The fraction of sp³-hybridized carbons (Fsp3) is 0.600. The van der Waals surface area contributed by atoms with Crippen LogP contribution >= 0.6 is 11.3 Å². The minimum atomic E-state index is 0.614. The summed E-state index contributed by atoms with van der Waals surface area (Å²) in [7, 11) is 0. The van der Waals surface area contributed by atoms with E-state index >= 15 is 0 Å². The van der Waals surface area contributed by atoms with E-state index in [1.807, 2.05) is 11.3 Å². The average molecular weight is 410 g/mol. The molecule has 1 aromatic carbocycles. The van der Waals surface area contributed by atoms with E-state index in [1.165, 1.54) is 83.4 Å². The summed E-state index contributed by atoms with van der Waals surface area (Å²) in [5, 5.41) is 2.28. The monoisotopic (exact) mass is 409 g/mol. The lowest BCUT2D eigenvalue weighted by Gasteiger charge is -2.42. The van der Waals surface area contributed by atoms with Crippen LogP contribution in [-0.4, -0.2) is 66.1 Å². The lowest BCUT2D eigenvalue weighted by atomic mass is 10.00. The first-order chi connectivity index (χ1) is 14.3. The Morgan fingerprint density at radius 2 is 1.72 bits per heavy atom. The van der Waals surface area contributed by atoms with Crippen LogP contribution in [0.1, 0.15) is 41.7 Å². The van der Waals surface area contributed by atoms with Crippen molar-refractivity contribution in [3.05, 3.63) is 57.8 Å². The first-order valence-electron chi connectivity index (χ1n) is 11.6. The second-order valence-electron chi connectivity index (χ2n) is 9.21. The van der Waals surface area contributed by atoms with Gasteiger partial charge in [0, 0.05) is 62.8 Å². The Balaban J connectivity index is 1.24. The lowest BCUT2D eigenvalue weighted by Crippen LogP contribution is -2.54. The molecule has 0 unspecified atom stereocenters. The van der Waals surface area contributed by atoms with Crippen molar-refractivity contribution in [2.24, 2.45) is 0 Å². The SMILES string of the molecule is c1ccc(C[C@H](CN2CCN(C3CCCC3)CC2)N2CCc3sccc3C2)cc1. The maximum atomic E-state index is 2.79. The third-order valence-corrected chi connectivity index (χ3v) is 8.41. The number of fused-ring (bicyclic) bond motifs is 1. The van der Waals surface area contributed by atoms with Crippen LogP contribution < -0.4 is 0 Å². The molecule has 3 aliphatic rings. The van der Waals surface area contributed by atoms with Gasteiger partial charge in [-0.05, 0) is 48.3 Å².